The number of rotatable bonds is 12. The Morgan fingerprint density at radius 1 is 0.692 bits per heavy atom. The molecule has 0 unspecified atom stereocenters. The van der Waals surface area contributed by atoms with E-state index in [1.807, 2.05) is 118 Å². The summed E-state index contributed by atoms with van der Waals surface area (Å²) in [5, 5.41) is 44.1. The maximum atomic E-state index is 11.6. The summed E-state index contributed by atoms with van der Waals surface area (Å²) in [6, 6.07) is 29.1. The zero-order valence-electron chi connectivity index (χ0n) is 35.8. The number of nitrogens with zero attached hydrogens (tertiary/aromatic N) is 12. The molecule has 8 heterocycles. The zero-order valence-corrected chi connectivity index (χ0v) is 37.3. The number of fused-ring (bicyclic) bond motifs is 2. The van der Waals surface area contributed by atoms with Crippen LogP contribution in [0.1, 0.15) is 0 Å². The Balaban J connectivity index is 0.989. The lowest BCUT2D eigenvalue weighted by molar-refractivity contribution is -0.0874. The predicted octanol–water partition coefficient (Wildman–Crippen LogP) is 8.52. The molecule has 0 radical (unpaired) electrons. The summed E-state index contributed by atoms with van der Waals surface area (Å²) in [4.78, 5) is 14.6. The Morgan fingerprint density at radius 3 is 2.03 bits per heavy atom. The summed E-state index contributed by atoms with van der Waals surface area (Å²) in [5.41, 5.74) is 7.39. The van der Waals surface area contributed by atoms with Crippen molar-refractivity contribution in [2.45, 2.75) is 12.1 Å². The van der Waals surface area contributed by atoms with Gasteiger partial charge in [-0.25, -0.2) is 9.97 Å². The highest BCUT2D eigenvalue weighted by Gasteiger charge is 2.36. The average molecular weight is 909 g/mol. The smallest absolute Gasteiger partial charge is 0.162 e. The van der Waals surface area contributed by atoms with Crippen molar-refractivity contribution in [3.63, 3.8) is 0 Å². The molecule has 328 valence electrons. The quantitative estimate of drug-likeness (QED) is 0.0922. The van der Waals surface area contributed by atoms with E-state index in [9.17, 15) is 5.11 Å². The number of ether oxygens (including phenoxy) is 1. The van der Waals surface area contributed by atoms with Crippen molar-refractivity contribution in [3.05, 3.63) is 113 Å². The van der Waals surface area contributed by atoms with Crippen molar-refractivity contribution in [2.24, 2.45) is 28.2 Å². The van der Waals surface area contributed by atoms with E-state index in [0.29, 0.717) is 67.6 Å². The Hall–Kier alpha value is -7.18. The predicted molar refractivity (Wildman–Crippen MR) is 254 cm³/mol. The number of aromatic nitrogens is 10. The normalized spacial score (nSPS) is 14.5. The summed E-state index contributed by atoms with van der Waals surface area (Å²) in [7, 11) is 7.48. The maximum Gasteiger partial charge on any atom is 0.162 e. The molecular formula is C46H43Cl2N15O2. The van der Waals surface area contributed by atoms with Crippen molar-refractivity contribution in [3.8, 4) is 28.3 Å². The van der Waals surface area contributed by atoms with Crippen molar-refractivity contribution >= 4 is 91.3 Å². The van der Waals surface area contributed by atoms with Crippen LogP contribution in [0.3, 0.4) is 0 Å². The van der Waals surface area contributed by atoms with Crippen LogP contribution in [0.5, 0.6) is 5.75 Å². The van der Waals surface area contributed by atoms with E-state index in [-0.39, 0.29) is 11.8 Å². The largest absolute Gasteiger partial charge is 0.508 e. The number of aromatic hydroxyl groups is 1. The fourth-order valence-corrected chi connectivity index (χ4v) is 8.85. The van der Waals surface area contributed by atoms with Gasteiger partial charge in [-0.1, -0.05) is 47.5 Å². The number of likely N-dealkylation sites (tertiary alicyclic amines) is 1. The molecule has 2 fully saturated rings. The van der Waals surface area contributed by atoms with E-state index >= 15 is 0 Å². The molecule has 11 rings (SSSR count). The molecule has 0 saturated carbocycles. The van der Waals surface area contributed by atoms with Crippen LogP contribution in [-0.4, -0.2) is 97.5 Å². The van der Waals surface area contributed by atoms with Gasteiger partial charge in [0, 0.05) is 105 Å². The third-order valence-electron chi connectivity index (χ3n) is 11.9. The molecule has 4 N–H and O–H groups in total. The average Bonchev–Trinajstić information content (AvgIpc) is 4.02. The SMILES string of the molecule is Cn1nc(-c2cccc(Cl)c2)cc1Nc1cc(Nc2cc(O)cc(N(c3cc(NC4CN(C5COC5)C4)c4cnn(C)c4n3)c3cc(-c4cccc(Cl)c4)nn3C)c2)c2cnn(C)c2n1. The molecule has 0 spiro atoms. The number of phenolic OH excluding ortho intramolecular Hbond substituents is 1. The van der Waals surface area contributed by atoms with Crippen LogP contribution in [0.4, 0.5) is 46.0 Å². The van der Waals surface area contributed by atoms with Crippen LogP contribution in [0.25, 0.3) is 44.6 Å². The van der Waals surface area contributed by atoms with Gasteiger partial charge in [-0.15, -0.1) is 0 Å². The molecule has 0 atom stereocenters. The summed E-state index contributed by atoms with van der Waals surface area (Å²) in [6.45, 7) is 3.37. The van der Waals surface area contributed by atoms with Crippen LogP contribution in [0, 0.1) is 0 Å². The molecule has 3 aromatic carbocycles. The van der Waals surface area contributed by atoms with E-state index in [0.717, 1.165) is 65.4 Å². The second-order valence-corrected chi connectivity index (χ2v) is 17.3. The number of benzene rings is 3. The minimum absolute atomic E-state index is 0.0278. The molecule has 65 heavy (non-hydrogen) atoms. The number of phenols is 1. The molecule has 2 saturated heterocycles. The van der Waals surface area contributed by atoms with Gasteiger partial charge < -0.3 is 25.8 Å². The van der Waals surface area contributed by atoms with Crippen molar-refractivity contribution in [1.29, 1.82) is 0 Å². The highest BCUT2D eigenvalue weighted by molar-refractivity contribution is 6.31. The summed E-state index contributed by atoms with van der Waals surface area (Å²) < 4.78 is 12.5. The third-order valence-corrected chi connectivity index (χ3v) is 12.4. The van der Waals surface area contributed by atoms with Crippen molar-refractivity contribution in [2.75, 3.05) is 47.2 Å². The Kier molecular flexibility index (Phi) is 10.1. The molecule has 2 aliphatic rings. The van der Waals surface area contributed by atoms with Gasteiger partial charge in [0.05, 0.1) is 76.9 Å². The van der Waals surface area contributed by atoms with Crippen LogP contribution >= 0.6 is 23.2 Å². The molecule has 0 bridgehead atoms. The molecule has 17 nitrogen and oxygen atoms in total. The number of anilines is 8. The number of halogens is 2. The van der Waals surface area contributed by atoms with Gasteiger partial charge in [0.1, 0.15) is 29.0 Å². The minimum Gasteiger partial charge on any atom is -0.508 e. The van der Waals surface area contributed by atoms with Gasteiger partial charge in [0.25, 0.3) is 0 Å². The fraction of sp³-hybridized carbons (Fsp3) is 0.217. The fourth-order valence-electron chi connectivity index (χ4n) is 8.47. The lowest BCUT2D eigenvalue weighted by atomic mass is 10.0. The van der Waals surface area contributed by atoms with Gasteiger partial charge in [0.15, 0.2) is 11.3 Å². The maximum absolute atomic E-state index is 11.6. The summed E-state index contributed by atoms with van der Waals surface area (Å²) >= 11 is 12.8. The summed E-state index contributed by atoms with van der Waals surface area (Å²) in [5.74, 6) is 2.58. The minimum atomic E-state index is 0.0278. The van der Waals surface area contributed by atoms with Gasteiger partial charge in [0.2, 0.25) is 0 Å². The molecule has 2 aliphatic heterocycles. The monoisotopic (exact) mass is 907 g/mol. The molecule has 0 amide bonds. The molecule has 19 heteroatoms. The second-order valence-electron chi connectivity index (χ2n) is 16.5. The zero-order chi connectivity index (χ0) is 44.5. The van der Waals surface area contributed by atoms with E-state index in [4.69, 9.17) is 48.1 Å². The number of hydrogen-bond donors (Lipinski definition) is 4. The van der Waals surface area contributed by atoms with Crippen LogP contribution in [-0.2, 0) is 32.9 Å². The van der Waals surface area contributed by atoms with Gasteiger partial charge >= 0.3 is 0 Å². The summed E-state index contributed by atoms with van der Waals surface area (Å²) in [6.07, 6.45) is 3.61. The molecule has 9 aromatic rings. The van der Waals surface area contributed by atoms with Crippen LogP contribution in [0.15, 0.2) is 103 Å². The van der Waals surface area contributed by atoms with Crippen molar-refractivity contribution in [1.82, 2.24) is 54.0 Å². The first-order valence-corrected chi connectivity index (χ1v) is 21.8. The number of pyridine rings is 2. The Bertz CT molecular complexity index is 3270. The van der Waals surface area contributed by atoms with Gasteiger partial charge in [-0.05, 0) is 30.3 Å². The molecular weight excluding hydrogens is 866 g/mol. The number of nitrogens with one attached hydrogen (secondary N) is 3. The topological polar surface area (TPSA) is 169 Å². The first-order chi connectivity index (χ1) is 31.5. The lowest BCUT2D eigenvalue weighted by Crippen LogP contribution is -2.63. The highest BCUT2D eigenvalue weighted by atomic mass is 35.5. The third kappa shape index (κ3) is 7.71. The Labute approximate surface area is 382 Å². The molecule has 0 aliphatic carbocycles. The van der Waals surface area contributed by atoms with Crippen molar-refractivity contribution < 1.29 is 9.84 Å². The first-order valence-electron chi connectivity index (χ1n) is 21.0. The van der Waals surface area contributed by atoms with Gasteiger partial charge in [-0.3, -0.25) is 28.5 Å². The number of hydrogen-bond acceptors (Lipinski definition) is 13. The van der Waals surface area contributed by atoms with Gasteiger partial charge in [-0.2, -0.15) is 20.4 Å². The van der Waals surface area contributed by atoms with E-state index in [1.54, 1.807) is 37.1 Å². The Morgan fingerprint density at radius 2 is 1.35 bits per heavy atom. The first kappa shape index (κ1) is 40.6. The van der Waals surface area contributed by atoms with E-state index in [2.05, 4.69) is 31.0 Å². The van der Waals surface area contributed by atoms with E-state index in [1.165, 1.54) is 0 Å². The highest BCUT2D eigenvalue weighted by Crippen LogP contribution is 2.42. The lowest BCUT2D eigenvalue weighted by Gasteiger charge is -2.47. The van der Waals surface area contributed by atoms with Crippen LogP contribution < -0.4 is 20.9 Å². The van der Waals surface area contributed by atoms with Crippen LogP contribution in [0.2, 0.25) is 10.0 Å². The second kappa shape index (κ2) is 16.1. The molecule has 6 aromatic heterocycles. The number of aryl methyl sites for hydroxylation is 4. The standard InChI is InChI=1S/C46H43Cl2N15O2/c1-58-42(17-37(56-58)26-7-5-9-28(47)11-26)53-41-16-39(35-20-49-60(3)45(35)54-41)51-30-13-32(15-34(64)14-30)63(44-19-38(57-59(44)2)27-8-6-10-29(48)12-27)43-18-40(36-21-50-61(4)46(36)55-43)52-31-22-62(23-31)33-24-65-25-33/h5-21,31,33,64H,22-25H2,1-4H3,(H,52,55)(H2,51,53,54). The van der Waals surface area contributed by atoms with E-state index < -0.39 is 0 Å².